The summed E-state index contributed by atoms with van der Waals surface area (Å²) in [5.74, 6) is 0.612. The van der Waals surface area contributed by atoms with Crippen molar-refractivity contribution in [1.29, 1.82) is 0 Å². The number of hydrogen-bond donors (Lipinski definition) is 2. The van der Waals surface area contributed by atoms with Gasteiger partial charge in [-0.1, -0.05) is 6.07 Å². The number of anilines is 1. The highest BCUT2D eigenvalue weighted by Gasteiger charge is 2.06. The van der Waals surface area contributed by atoms with Gasteiger partial charge in [0.05, 0.1) is 7.11 Å². The summed E-state index contributed by atoms with van der Waals surface area (Å²) < 4.78 is 6.93. The second-order valence-corrected chi connectivity index (χ2v) is 4.11. The van der Waals surface area contributed by atoms with Crippen molar-refractivity contribution in [2.24, 2.45) is 5.73 Å². The summed E-state index contributed by atoms with van der Waals surface area (Å²) in [5.41, 5.74) is 7.24. The molecule has 5 heteroatoms. The fourth-order valence-electron chi connectivity index (χ4n) is 1.85. The number of carbonyl (C=O) groups is 1. The van der Waals surface area contributed by atoms with Crippen LogP contribution >= 0.6 is 0 Å². The van der Waals surface area contributed by atoms with E-state index in [0.717, 1.165) is 5.69 Å². The molecule has 1 amide bonds. The van der Waals surface area contributed by atoms with E-state index in [1.807, 2.05) is 41.1 Å². The maximum Gasteiger partial charge on any atom is 0.244 e. The van der Waals surface area contributed by atoms with E-state index in [0.29, 0.717) is 18.0 Å². The van der Waals surface area contributed by atoms with Gasteiger partial charge in [-0.15, -0.1) is 0 Å². The van der Waals surface area contributed by atoms with Crippen LogP contribution in [0.4, 0.5) is 5.69 Å². The van der Waals surface area contributed by atoms with Gasteiger partial charge >= 0.3 is 0 Å². The Labute approximate surface area is 112 Å². The van der Waals surface area contributed by atoms with Gasteiger partial charge in [0.25, 0.3) is 0 Å². The molecule has 0 saturated carbocycles. The molecule has 2 rings (SSSR count). The van der Waals surface area contributed by atoms with E-state index in [1.165, 1.54) is 0 Å². The van der Waals surface area contributed by atoms with E-state index in [9.17, 15) is 4.79 Å². The Morgan fingerprint density at radius 3 is 2.95 bits per heavy atom. The molecule has 0 atom stereocenters. The van der Waals surface area contributed by atoms with Crippen LogP contribution in [0.3, 0.4) is 0 Å². The Kier molecular flexibility index (Phi) is 4.20. The normalized spacial score (nSPS) is 10.2. The lowest BCUT2D eigenvalue weighted by Crippen LogP contribution is -2.20. The summed E-state index contributed by atoms with van der Waals surface area (Å²) >= 11 is 0. The second kappa shape index (κ2) is 6.06. The van der Waals surface area contributed by atoms with Crippen molar-refractivity contribution in [3.63, 3.8) is 0 Å². The van der Waals surface area contributed by atoms with E-state index < -0.39 is 0 Å². The molecule has 0 fully saturated rings. The first-order valence-corrected chi connectivity index (χ1v) is 6.01. The average Bonchev–Trinajstić information content (AvgIpc) is 2.86. The van der Waals surface area contributed by atoms with Crippen LogP contribution in [-0.2, 0) is 17.9 Å². The Morgan fingerprint density at radius 1 is 1.37 bits per heavy atom. The molecule has 0 aliphatic rings. The van der Waals surface area contributed by atoms with E-state index in [4.69, 9.17) is 10.5 Å². The summed E-state index contributed by atoms with van der Waals surface area (Å²) in [6.07, 6.45) is 1.84. The topological polar surface area (TPSA) is 69.3 Å². The van der Waals surface area contributed by atoms with Crippen molar-refractivity contribution in [3.8, 4) is 5.75 Å². The molecule has 5 nitrogen and oxygen atoms in total. The Bertz CT molecular complexity index is 563. The highest BCUT2D eigenvalue weighted by Crippen LogP contribution is 2.16. The highest BCUT2D eigenvalue weighted by atomic mass is 16.5. The van der Waals surface area contributed by atoms with E-state index in [-0.39, 0.29) is 12.5 Å². The third kappa shape index (κ3) is 3.35. The zero-order valence-corrected chi connectivity index (χ0v) is 10.8. The molecule has 100 valence electrons. The third-order valence-corrected chi connectivity index (χ3v) is 2.80. The van der Waals surface area contributed by atoms with Crippen LogP contribution in [0.25, 0.3) is 0 Å². The number of carbonyl (C=O) groups excluding carboxylic acids is 1. The van der Waals surface area contributed by atoms with E-state index >= 15 is 0 Å². The van der Waals surface area contributed by atoms with Gasteiger partial charge in [-0.05, 0) is 24.3 Å². The van der Waals surface area contributed by atoms with Crippen molar-refractivity contribution >= 4 is 11.6 Å². The summed E-state index contributed by atoms with van der Waals surface area (Å²) in [4.78, 5) is 11.9. The van der Waals surface area contributed by atoms with Crippen molar-refractivity contribution in [2.75, 3.05) is 12.4 Å². The number of methoxy groups -OCH3 is 1. The largest absolute Gasteiger partial charge is 0.497 e. The highest BCUT2D eigenvalue weighted by molar-refractivity contribution is 5.90. The van der Waals surface area contributed by atoms with Gasteiger partial charge in [-0.2, -0.15) is 0 Å². The molecule has 0 saturated heterocycles. The minimum Gasteiger partial charge on any atom is -0.497 e. The number of nitrogens with two attached hydrogens (primary N) is 1. The lowest BCUT2D eigenvalue weighted by atomic mass is 10.3. The molecule has 0 spiro atoms. The maximum absolute atomic E-state index is 11.9. The molecular formula is C14H17N3O2. The first kappa shape index (κ1) is 13.2. The lowest BCUT2D eigenvalue weighted by Gasteiger charge is -2.09. The van der Waals surface area contributed by atoms with Crippen molar-refractivity contribution in [3.05, 3.63) is 48.3 Å². The quantitative estimate of drug-likeness (QED) is 0.856. The zero-order chi connectivity index (χ0) is 13.7. The monoisotopic (exact) mass is 259 g/mol. The van der Waals surface area contributed by atoms with E-state index in [2.05, 4.69) is 5.32 Å². The molecule has 0 radical (unpaired) electrons. The van der Waals surface area contributed by atoms with Crippen LogP contribution in [0, 0.1) is 0 Å². The smallest absolute Gasteiger partial charge is 0.244 e. The summed E-state index contributed by atoms with van der Waals surface area (Å²) in [6, 6.07) is 11.0. The van der Waals surface area contributed by atoms with Crippen LogP contribution in [0.15, 0.2) is 42.6 Å². The van der Waals surface area contributed by atoms with Gasteiger partial charge in [0, 0.05) is 30.2 Å². The van der Waals surface area contributed by atoms with Crippen LogP contribution in [0.1, 0.15) is 5.69 Å². The molecule has 0 aliphatic heterocycles. The Balaban J connectivity index is 2.01. The van der Waals surface area contributed by atoms with Crippen LogP contribution in [-0.4, -0.2) is 17.6 Å². The first-order chi connectivity index (χ1) is 9.22. The van der Waals surface area contributed by atoms with Gasteiger partial charge in [0.2, 0.25) is 5.91 Å². The molecule has 2 aromatic rings. The molecule has 1 aromatic heterocycles. The van der Waals surface area contributed by atoms with Crippen LogP contribution < -0.4 is 15.8 Å². The third-order valence-electron chi connectivity index (χ3n) is 2.80. The number of aromatic nitrogens is 1. The lowest BCUT2D eigenvalue weighted by molar-refractivity contribution is -0.116. The van der Waals surface area contributed by atoms with Gasteiger partial charge in [0.1, 0.15) is 12.3 Å². The van der Waals surface area contributed by atoms with Crippen LogP contribution in [0.5, 0.6) is 5.75 Å². The minimum atomic E-state index is -0.0980. The maximum atomic E-state index is 11.9. The van der Waals surface area contributed by atoms with Crippen molar-refractivity contribution in [2.45, 2.75) is 13.1 Å². The van der Waals surface area contributed by atoms with Crippen molar-refractivity contribution in [1.82, 2.24) is 4.57 Å². The summed E-state index contributed by atoms with van der Waals surface area (Å²) in [5, 5.41) is 2.83. The number of nitrogens with one attached hydrogen (secondary N) is 1. The number of nitrogens with zero attached hydrogens (tertiary/aromatic N) is 1. The standard InChI is InChI=1S/C14H17N3O2/c1-19-13-6-2-4-11(8-13)16-14(18)10-17-7-3-5-12(17)9-15/h2-8H,9-10,15H2,1H3,(H,16,18). The predicted molar refractivity (Wildman–Crippen MR) is 73.9 cm³/mol. The van der Waals surface area contributed by atoms with Crippen molar-refractivity contribution < 1.29 is 9.53 Å². The zero-order valence-electron chi connectivity index (χ0n) is 10.8. The molecule has 0 bridgehead atoms. The minimum absolute atomic E-state index is 0.0980. The molecule has 1 aromatic carbocycles. The molecule has 1 heterocycles. The first-order valence-electron chi connectivity index (χ1n) is 6.01. The molecular weight excluding hydrogens is 242 g/mol. The number of rotatable bonds is 5. The fourth-order valence-corrected chi connectivity index (χ4v) is 1.85. The number of ether oxygens (including phenoxy) is 1. The number of amides is 1. The molecule has 19 heavy (non-hydrogen) atoms. The molecule has 3 N–H and O–H groups in total. The van der Waals surface area contributed by atoms with Gasteiger partial charge in [0.15, 0.2) is 0 Å². The van der Waals surface area contributed by atoms with Gasteiger partial charge < -0.3 is 20.4 Å². The van der Waals surface area contributed by atoms with Gasteiger partial charge in [-0.25, -0.2) is 0 Å². The Morgan fingerprint density at radius 2 is 2.21 bits per heavy atom. The SMILES string of the molecule is COc1cccc(NC(=O)Cn2cccc2CN)c1. The summed E-state index contributed by atoms with van der Waals surface area (Å²) in [6.45, 7) is 0.663. The Hall–Kier alpha value is -2.27. The predicted octanol–water partition coefficient (Wildman–Crippen LogP) is 1.59. The molecule has 0 aliphatic carbocycles. The fraction of sp³-hybridized carbons (Fsp3) is 0.214. The average molecular weight is 259 g/mol. The second-order valence-electron chi connectivity index (χ2n) is 4.11. The van der Waals surface area contributed by atoms with E-state index in [1.54, 1.807) is 13.2 Å². The summed E-state index contributed by atoms with van der Waals surface area (Å²) in [7, 11) is 1.59. The number of hydrogen-bond acceptors (Lipinski definition) is 3. The molecule has 0 unspecified atom stereocenters. The van der Waals surface area contributed by atoms with Crippen LogP contribution in [0.2, 0.25) is 0 Å². The van der Waals surface area contributed by atoms with Gasteiger partial charge in [-0.3, -0.25) is 4.79 Å². The number of benzene rings is 1.